The van der Waals surface area contributed by atoms with Crippen LogP contribution in [0.4, 0.5) is 0 Å². The summed E-state index contributed by atoms with van der Waals surface area (Å²) in [6.07, 6.45) is 1.03. The van der Waals surface area contributed by atoms with E-state index in [1.54, 1.807) is 7.11 Å². The fourth-order valence-electron chi connectivity index (χ4n) is 2.16. The van der Waals surface area contributed by atoms with Crippen molar-refractivity contribution in [2.45, 2.75) is 18.9 Å². The summed E-state index contributed by atoms with van der Waals surface area (Å²) in [4.78, 5) is 0. The van der Waals surface area contributed by atoms with Gasteiger partial charge in [0.1, 0.15) is 6.10 Å². The monoisotopic (exact) mass is 285 g/mol. The molecule has 1 aliphatic heterocycles. The van der Waals surface area contributed by atoms with Gasteiger partial charge in [0.25, 0.3) is 0 Å². The van der Waals surface area contributed by atoms with Crippen LogP contribution in [0, 0.1) is 0 Å². The molecule has 106 valence electrons. The average Bonchev–Trinajstić information content (AvgIpc) is 2.71. The van der Waals surface area contributed by atoms with Crippen LogP contribution in [-0.2, 0) is 16.3 Å². The largest absolute Gasteiger partial charge is 0.493 e. The normalized spacial score (nSPS) is 21.3. The zero-order valence-corrected chi connectivity index (χ0v) is 11.8. The van der Waals surface area contributed by atoms with E-state index in [0.717, 1.165) is 12.0 Å². The van der Waals surface area contributed by atoms with E-state index in [9.17, 15) is 8.42 Å². The molecule has 19 heavy (non-hydrogen) atoms. The van der Waals surface area contributed by atoms with Crippen molar-refractivity contribution in [1.82, 2.24) is 0 Å². The van der Waals surface area contributed by atoms with Gasteiger partial charge in [-0.15, -0.1) is 0 Å². The molecule has 0 spiro atoms. The number of nitrogens with two attached hydrogens (primary N) is 1. The highest BCUT2D eigenvalue weighted by atomic mass is 32.2. The lowest BCUT2D eigenvalue weighted by atomic mass is 10.1. The first-order valence-corrected chi connectivity index (χ1v) is 8.10. The Morgan fingerprint density at radius 2 is 2.16 bits per heavy atom. The SMILES string of the molecule is COc1cc(CCN)ccc1OC1CCS(=O)(=O)C1. The molecule has 1 aromatic rings. The minimum Gasteiger partial charge on any atom is -0.493 e. The molecule has 0 aliphatic carbocycles. The Bertz CT molecular complexity index is 542. The molecule has 0 bridgehead atoms. The van der Waals surface area contributed by atoms with Crippen molar-refractivity contribution in [2.24, 2.45) is 5.73 Å². The molecule has 1 saturated heterocycles. The maximum absolute atomic E-state index is 11.4. The molecule has 0 saturated carbocycles. The Kier molecular flexibility index (Phi) is 4.31. The quantitative estimate of drug-likeness (QED) is 0.864. The first-order valence-electron chi connectivity index (χ1n) is 6.28. The molecular formula is C13H19NO4S. The molecule has 0 aromatic heterocycles. The van der Waals surface area contributed by atoms with E-state index in [1.165, 1.54) is 0 Å². The van der Waals surface area contributed by atoms with Gasteiger partial charge >= 0.3 is 0 Å². The van der Waals surface area contributed by atoms with E-state index in [4.69, 9.17) is 15.2 Å². The van der Waals surface area contributed by atoms with Crippen molar-refractivity contribution in [3.05, 3.63) is 23.8 Å². The van der Waals surface area contributed by atoms with Gasteiger partial charge in [-0.25, -0.2) is 8.42 Å². The van der Waals surface area contributed by atoms with Crippen LogP contribution in [0.3, 0.4) is 0 Å². The molecule has 1 unspecified atom stereocenters. The molecule has 1 heterocycles. The summed E-state index contributed by atoms with van der Waals surface area (Å²) in [5.41, 5.74) is 6.59. The zero-order chi connectivity index (χ0) is 13.9. The maximum Gasteiger partial charge on any atom is 0.161 e. The third-order valence-corrected chi connectivity index (χ3v) is 4.88. The fourth-order valence-corrected chi connectivity index (χ4v) is 3.75. The van der Waals surface area contributed by atoms with E-state index in [2.05, 4.69) is 0 Å². The van der Waals surface area contributed by atoms with E-state index >= 15 is 0 Å². The Morgan fingerprint density at radius 3 is 2.74 bits per heavy atom. The van der Waals surface area contributed by atoms with Crippen molar-refractivity contribution >= 4 is 9.84 Å². The molecule has 0 amide bonds. The highest BCUT2D eigenvalue weighted by Crippen LogP contribution is 2.30. The van der Waals surface area contributed by atoms with Gasteiger partial charge in [0.05, 0.1) is 18.6 Å². The second kappa shape index (κ2) is 5.79. The van der Waals surface area contributed by atoms with Gasteiger partial charge in [-0.2, -0.15) is 0 Å². The van der Waals surface area contributed by atoms with Crippen LogP contribution in [0.15, 0.2) is 18.2 Å². The summed E-state index contributed by atoms with van der Waals surface area (Å²) in [7, 11) is -1.37. The topological polar surface area (TPSA) is 78.6 Å². The molecule has 2 N–H and O–H groups in total. The Morgan fingerprint density at radius 1 is 1.37 bits per heavy atom. The molecule has 2 rings (SSSR count). The van der Waals surface area contributed by atoms with Gasteiger partial charge < -0.3 is 15.2 Å². The Hall–Kier alpha value is -1.27. The van der Waals surface area contributed by atoms with Crippen LogP contribution in [-0.4, -0.2) is 39.7 Å². The Labute approximate surface area is 113 Å². The van der Waals surface area contributed by atoms with Gasteiger partial charge in [0, 0.05) is 0 Å². The highest BCUT2D eigenvalue weighted by molar-refractivity contribution is 7.91. The summed E-state index contributed by atoms with van der Waals surface area (Å²) in [5, 5.41) is 0. The summed E-state index contributed by atoms with van der Waals surface area (Å²) >= 11 is 0. The van der Waals surface area contributed by atoms with Crippen LogP contribution < -0.4 is 15.2 Å². The molecular weight excluding hydrogens is 266 g/mol. The third-order valence-electron chi connectivity index (χ3n) is 3.15. The van der Waals surface area contributed by atoms with Crippen molar-refractivity contribution in [3.8, 4) is 11.5 Å². The number of benzene rings is 1. The van der Waals surface area contributed by atoms with Gasteiger partial charge in [0.15, 0.2) is 21.3 Å². The molecule has 5 nitrogen and oxygen atoms in total. The lowest BCUT2D eigenvalue weighted by molar-refractivity contribution is 0.218. The van der Waals surface area contributed by atoms with Gasteiger partial charge in [-0.1, -0.05) is 6.07 Å². The van der Waals surface area contributed by atoms with Crippen LogP contribution in [0.5, 0.6) is 11.5 Å². The smallest absolute Gasteiger partial charge is 0.161 e. The average molecular weight is 285 g/mol. The minimum absolute atomic E-state index is 0.0840. The van der Waals surface area contributed by atoms with Crippen molar-refractivity contribution in [3.63, 3.8) is 0 Å². The summed E-state index contributed by atoms with van der Waals surface area (Å²) < 4.78 is 33.8. The highest BCUT2D eigenvalue weighted by Gasteiger charge is 2.30. The van der Waals surface area contributed by atoms with Crippen LogP contribution in [0.25, 0.3) is 0 Å². The molecule has 1 fully saturated rings. The lowest BCUT2D eigenvalue weighted by Gasteiger charge is -2.15. The number of rotatable bonds is 5. The number of sulfone groups is 1. The summed E-state index contributed by atoms with van der Waals surface area (Å²) in [6, 6.07) is 5.62. The maximum atomic E-state index is 11.4. The number of ether oxygens (including phenoxy) is 2. The third kappa shape index (κ3) is 3.61. The Balaban J connectivity index is 2.12. The van der Waals surface area contributed by atoms with Gasteiger partial charge in [0.2, 0.25) is 0 Å². The number of methoxy groups -OCH3 is 1. The summed E-state index contributed by atoms with van der Waals surface area (Å²) in [6.45, 7) is 0.574. The van der Waals surface area contributed by atoms with Gasteiger partial charge in [-0.05, 0) is 37.1 Å². The summed E-state index contributed by atoms with van der Waals surface area (Å²) in [5.74, 6) is 1.49. The standard InChI is InChI=1S/C13H19NO4S/c1-17-13-8-10(4-6-14)2-3-12(13)18-11-5-7-19(15,16)9-11/h2-3,8,11H,4-7,9,14H2,1H3. The van der Waals surface area contributed by atoms with Crippen molar-refractivity contribution in [1.29, 1.82) is 0 Å². The van der Waals surface area contributed by atoms with Crippen molar-refractivity contribution < 1.29 is 17.9 Å². The molecule has 1 aliphatic rings. The van der Waals surface area contributed by atoms with Crippen molar-refractivity contribution in [2.75, 3.05) is 25.2 Å². The number of hydrogen-bond donors (Lipinski definition) is 1. The zero-order valence-electron chi connectivity index (χ0n) is 11.0. The van der Waals surface area contributed by atoms with E-state index in [0.29, 0.717) is 24.5 Å². The second-order valence-corrected chi connectivity index (χ2v) is 6.90. The van der Waals surface area contributed by atoms with Crippen LogP contribution in [0.1, 0.15) is 12.0 Å². The van der Waals surface area contributed by atoms with Crippen LogP contribution >= 0.6 is 0 Å². The fraction of sp³-hybridized carbons (Fsp3) is 0.538. The first-order chi connectivity index (χ1) is 9.04. The molecule has 1 atom stereocenters. The van der Waals surface area contributed by atoms with Gasteiger partial charge in [-0.3, -0.25) is 0 Å². The van der Waals surface area contributed by atoms with E-state index in [1.807, 2.05) is 18.2 Å². The molecule has 6 heteroatoms. The number of hydrogen-bond acceptors (Lipinski definition) is 5. The second-order valence-electron chi connectivity index (χ2n) is 4.67. The lowest BCUT2D eigenvalue weighted by Crippen LogP contribution is -2.18. The predicted molar refractivity (Wildman–Crippen MR) is 73.4 cm³/mol. The first kappa shape index (κ1) is 14.1. The predicted octanol–water partition coefficient (Wildman–Crippen LogP) is 0.762. The minimum atomic E-state index is -2.93. The van der Waals surface area contributed by atoms with Crippen LogP contribution in [0.2, 0.25) is 0 Å². The molecule has 1 aromatic carbocycles. The van der Waals surface area contributed by atoms with E-state index in [-0.39, 0.29) is 17.6 Å². The molecule has 0 radical (unpaired) electrons. The van der Waals surface area contributed by atoms with E-state index < -0.39 is 9.84 Å².